The topological polar surface area (TPSA) is 65.1 Å². The summed E-state index contributed by atoms with van der Waals surface area (Å²) in [4.78, 5) is 24.9. The van der Waals surface area contributed by atoms with Gasteiger partial charge < -0.3 is 32.1 Å². The van der Waals surface area contributed by atoms with Crippen molar-refractivity contribution in [2.45, 2.75) is 38.8 Å². The number of esters is 1. The van der Waals surface area contributed by atoms with E-state index in [4.69, 9.17) is 9.47 Å². The van der Waals surface area contributed by atoms with Gasteiger partial charge in [-0.25, -0.2) is 9.59 Å². The number of hydrogen-bond acceptors (Lipinski definition) is 5. The molecular weight excluding hydrogens is 405 g/mol. The summed E-state index contributed by atoms with van der Waals surface area (Å²) >= 11 is 0. The Labute approximate surface area is 205 Å². The normalized spacial score (nSPS) is 12.4. The zero-order valence-corrected chi connectivity index (χ0v) is 20.1. The zero-order valence-electron chi connectivity index (χ0n) is 17.0. The van der Waals surface area contributed by atoms with Gasteiger partial charge in [0.1, 0.15) is 17.4 Å². The van der Waals surface area contributed by atoms with Gasteiger partial charge in [0, 0.05) is 6.42 Å². The first-order valence-electron chi connectivity index (χ1n) is 8.27. The van der Waals surface area contributed by atoms with Crippen LogP contribution in [0.2, 0.25) is 0 Å². The number of benzene rings is 1. The van der Waals surface area contributed by atoms with Crippen LogP contribution in [0.25, 0.3) is 0 Å². The monoisotopic (exact) mass is 429 g/mol. The minimum Gasteiger partial charge on any atom is -0.497 e. The molecule has 11 heteroatoms. The predicted molar refractivity (Wildman–Crippen MR) is 94.5 cm³/mol. The molecule has 0 bridgehead atoms. The molecule has 1 aromatic carbocycles. The average molecular weight is 429 g/mol. The molecule has 0 aliphatic heterocycles. The maximum Gasteiger partial charge on any atom is 1.00 e. The van der Waals surface area contributed by atoms with Gasteiger partial charge in [-0.15, -0.1) is 0 Å². The number of ether oxygens (including phenoxy) is 3. The van der Waals surface area contributed by atoms with Gasteiger partial charge >= 0.3 is 70.4 Å². The molecule has 0 heterocycles. The maximum atomic E-state index is 13.1. The van der Waals surface area contributed by atoms with E-state index in [0.717, 1.165) is 7.11 Å². The Bertz CT molecular complexity index is 650. The van der Waals surface area contributed by atoms with Gasteiger partial charge in [0.25, 0.3) is 0 Å². The Balaban J connectivity index is 0.00000729. The van der Waals surface area contributed by atoms with E-state index in [1.54, 1.807) is 24.3 Å². The summed E-state index contributed by atoms with van der Waals surface area (Å²) in [6, 6.07) is 4.92. The van der Waals surface area contributed by atoms with Crippen molar-refractivity contribution < 1.29 is 88.1 Å². The molecule has 1 amide bonds. The zero-order chi connectivity index (χ0) is 20.8. The third kappa shape index (κ3) is 9.64. The van der Waals surface area contributed by atoms with Crippen molar-refractivity contribution in [1.82, 2.24) is 4.90 Å². The fourth-order valence-corrected chi connectivity index (χ4v) is 2.31. The maximum absolute atomic E-state index is 13.1. The minimum absolute atomic E-state index is 0. The van der Waals surface area contributed by atoms with Crippen LogP contribution in [-0.2, 0) is 20.7 Å². The van der Waals surface area contributed by atoms with Gasteiger partial charge in [0.15, 0.2) is 0 Å². The van der Waals surface area contributed by atoms with Gasteiger partial charge in [-0.1, -0.05) is 12.1 Å². The van der Waals surface area contributed by atoms with Crippen molar-refractivity contribution in [2.75, 3.05) is 20.7 Å². The van der Waals surface area contributed by atoms with Crippen molar-refractivity contribution in [2.24, 2.45) is 0 Å². The summed E-state index contributed by atoms with van der Waals surface area (Å²) in [5, 5.41) is 0. The number of methoxy groups -OCH3 is 2. The first-order valence-corrected chi connectivity index (χ1v) is 8.27. The standard InChI is InChI=1S/C17H24BF3NO5.K/c1-17(2,3)27-16(24)22(11-18(19,20)21)14(15(23)26-5)10-12-6-8-13(25-4)9-7-12;/h6-9,14H,10-11H2,1-5H3;/q-1;+1/t14-;/m0./s1. The van der Waals surface area contributed by atoms with Crippen LogP contribution in [0.3, 0.4) is 0 Å². The molecule has 0 radical (unpaired) electrons. The van der Waals surface area contributed by atoms with E-state index in [0.29, 0.717) is 16.2 Å². The van der Waals surface area contributed by atoms with Crippen LogP contribution in [0.15, 0.2) is 24.3 Å². The second kappa shape index (κ2) is 11.4. The summed E-state index contributed by atoms with van der Waals surface area (Å²) in [6.45, 7) is -0.813. The quantitative estimate of drug-likeness (QED) is 0.464. The van der Waals surface area contributed by atoms with Crippen molar-refractivity contribution >= 4 is 19.0 Å². The minimum atomic E-state index is -5.39. The van der Waals surface area contributed by atoms with Crippen molar-refractivity contribution in [1.29, 1.82) is 0 Å². The Kier molecular flexibility index (Phi) is 11.1. The molecule has 152 valence electrons. The molecule has 0 fully saturated rings. The van der Waals surface area contributed by atoms with Crippen LogP contribution in [0.4, 0.5) is 17.7 Å². The molecule has 0 unspecified atom stereocenters. The fourth-order valence-electron chi connectivity index (χ4n) is 2.31. The van der Waals surface area contributed by atoms with Gasteiger partial charge in [-0.05, 0) is 44.9 Å². The van der Waals surface area contributed by atoms with Gasteiger partial charge in [0.2, 0.25) is 0 Å². The predicted octanol–water partition coefficient (Wildman–Crippen LogP) is 0.407. The summed E-state index contributed by atoms with van der Waals surface area (Å²) in [6.07, 6.45) is -2.97. The first-order chi connectivity index (χ1) is 12.4. The number of carbonyl (C=O) groups is 2. The van der Waals surface area contributed by atoms with Crippen molar-refractivity contribution in [3.63, 3.8) is 0 Å². The number of amides is 1. The van der Waals surface area contributed by atoms with Crippen molar-refractivity contribution in [3.8, 4) is 5.75 Å². The van der Waals surface area contributed by atoms with Crippen LogP contribution in [-0.4, -0.2) is 56.2 Å². The SMILES string of the molecule is COC(=O)[C@H](Cc1ccc(OC)cc1)N(C[B-](F)(F)F)C(=O)OC(C)(C)C.[K+]. The number of carbonyl (C=O) groups excluding carboxylic acids is 2. The Morgan fingerprint density at radius 2 is 1.64 bits per heavy atom. The summed E-state index contributed by atoms with van der Waals surface area (Å²) in [5.74, 6) is -0.410. The second-order valence-electron chi connectivity index (χ2n) is 6.93. The summed E-state index contributed by atoms with van der Waals surface area (Å²) < 4.78 is 54.0. The van der Waals surface area contributed by atoms with Crippen LogP contribution in [0.1, 0.15) is 26.3 Å². The fraction of sp³-hybridized carbons (Fsp3) is 0.529. The molecule has 28 heavy (non-hydrogen) atoms. The van der Waals surface area contributed by atoms with E-state index in [1.807, 2.05) is 0 Å². The molecule has 6 nitrogen and oxygen atoms in total. The number of nitrogens with zero attached hydrogens (tertiary/aromatic N) is 1. The van der Waals surface area contributed by atoms with E-state index < -0.39 is 37.1 Å². The Morgan fingerprint density at radius 3 is 2.04 bits per heavy atom. The third-order valence-corrected chi connectivity index (χ3v) is 3.47. The largest absolute Gasteiger partial charge is 1.00 e. The summed E-state index contributed by atoms with van der Waals surface area (Å²) in [7, 11) is 2.53. The van der Waals surface area contributed by atoms with E-state index in [2.05, 4.69) is 4.74 Å². The van der Waals surface area contributed by atoms with E-state index >= 15 is 0 Å². The second-order valence-corrected chi connectivity index (χ2v) is 6.93. The van der Waals surface area contributed by atoms with Gasteiger partial charge in [-0.2, -0.15) is 0 Å². The Morgan fingerprint density at radius 1 is 1.11 bits per heavy atom. The molecule has 0 aliphatic rings. The van der Waals surface area contributed by atoms with Crippen LogP contribution in [0, 0.1) is 0 Å². The van der Waals surface area contributed by atoms with Crippen LogP contribution in [0.5, 0.6) is 5.75 Å². The van der Waals surface area contributed by atoms with Crippen LogP contribution < -0.4 is 56.1 Å². The van der Waals surface area contributed by atoms with E-state index in [9.17, 15) is 22.5 Å². The molecular formula is C17H24BF3KNO5. The molecule has 1 rings (SSSR count). The number of hydrogen-bond donors (Lipinski definition) is 0. The van der Waals surface area contributed by atoms with E-state index in [1.165, 1.54) is 27.9 Å². The third-order valence-electron chi connectivity index (χ3n) is 3.47. The molecule has 1 aromatic rings. The van der Waals surface area contributed by atoms with E-state index in [-0.39, 0.29) is 57.8 Å². The average Bonchev–Trinajstić information content (AvgIpc) is 2.55. The molecule has 1 atom stereocenters. The van der Waals surface area contributed by atoms with Gasteiger partial charge in [-0.3, -0.25) is 0 Å². The molecule has 0 spiro atoms. The first kappa shape index (κ1) is 27.3. The summed E-state index contributed by atoms with van der Waals surface area (Å²) in [5.41, 5.74) is -0.483. The molecule has 0 saturated heterocycles. The van der Waals surface area contributed by atoms with Crippen molar-refractivity contribution in [3.05, 3.63) is 29.8 Å². The smallest absolute Gasteiger partial charge is 0.497 e. The molecule has 0 saturated carbocycles. The molecule has 0 N–H and O–H groups in total. The molecule has 0 aliphatic carbocycles. The van der Waals surface area contributed by atoms with Crippen LogP contribution >= 0.6 is 0 Å². The molecule has 0 aromatic heterocycles. The number of halogens is 3. The number of rotatable bonds is 7. The Hall–Kier alpha value is -0.749. The van der Waals surface area contributed by atoms with Gasteiger partial charge in [0.05, 0.1) is 14.2 Å².